The molecule has 0 radical (unpaired) electrons. The lowest BCUT2D eigenvalue weighted by Gasteiger charge is -2.40. The van der Waals surface area contributed by atoms with E-state index < -0.39 is 0 Å². The zero-order valence-corrected chi connectivity index (χ0v) is 20.5. The molecule has 6 heterocycles. The van der Waals surface area contributed by atoms with E-state index in [0.29, 0.717) is 35.5 Å². The van der Waals surface area contributed by atoms with Crippen LogP contribution in [0.2, 0.25) is 0 Å². The highest BCUT2D eigenvalue weighted by atomic mass is 32.1. The molecule has 10 heteroatoms. The fourth-order valence-electron chi connectivity index (χ4n) is 5.91. The Balaban J connectivity index is 1.19. The molecule has 3 fully saturated rings. The number of piperidine rings is 1. The first-order valence-corrected chi connectivity index (χ1v) is 13.4. The molecule has 0 aliphatic carbocycles. The van der Waals surface area contributed by atoms with Gasteiger partial charge in [-0.2, -0.15) is 0 Å². The molecule has 3 aromatic rings. The van der Waals surface area contributed by atoms with Crippen molar-refractivity contribution in [3.63, 3.8) is 0 Å². The second kappa shape index (κ2) is 9.67. The van der Waals surface area contributed by atoms with Gasteiger partial charge in [-0.15, -0.1) is 0 Å². The van der Waals surface area contributed by atoms with E-state index in [4.69, 9.17) is 4.98 Å². The third kappa shape index (κ3) is 4.70. The number of nitrogens with one attached hydrogen (secondary N) is 2. The summed E-state index contributed by atoms with van der Waals surface area (Å²) in [7, 11) is 0. The summed E-state index contributed by atoms with van der Waals surface area (Å²) in [6.45, 7) is 2.66. The number of aliphatic hydroxyl groups excluding tert-OH is 1. The summed E-state index contributed by atoms with van der Waals surface area (Å²) in [5.74, 6) is 1.78. The van der Waals surface area contributed by atoms with Crippen LogP contribution in [0.4, 0.5) is 16.8 Å². The first kappa shape index (κ1) is 22.6. The number of hydrogen-bond acceptors (Lipinski definition) is 9. The van der Waals surface area contributed by atoms with Crippen LogP contribution >= 0.6 is 11.3 Å². The number of carbonyl (C=O) groups is 1. The molecule has 0 aromatic carbocycles. The lowest BCUT2D eigenvalue weighted by Crippen LogP contribution is -2.52. The van der Waals surface area contributed by atoms with Crippen molar-refractivity contribution in [2.75, 3.05) is 30.3 Å². The second-order valence-electron chi connectivity index (χ2n) is 9.82. The predicted octanol–water partition coefficient (Wildman–Crippen LogP) is 3.35. The third-order valence-corrected chi connectivity index (χ3v) is 8.36. The molecule has 1 amide bonds. The number of nitrogens with zero attached hydrogens (tertiary/aromatic N) is 5. The van der Waals surface area contributed by atoms with E-state index in [1.807, 2.05) is 18.2 Å². The number of aromatic nitrogens is 3. The average Bonchev–Trinajstić information content (AvgIpc) is 3.59. The molecule has 3 saturated heterocycles. The fraction of sp³-hybridized carbons (Fsp3) is 0.520. The number of carbonyl (C=O) groups excluding carboxylic acids is 1. The highest BCUT2D eigenvalue weighted by Gasteiger charge is 2.43. The van der Waals surface area contributed by atoms with Gasteiger partial charge in [0, 0.05) is 42.0 Å². The van der Waals surface area contributed by atoms with Crippen LogP contribution in [-0.4, -0.2) is 73.5 Å². The van der Waals surface area contributed by atoms with Crippen LogP contribution in [0.1, 0.15) is 43.4 Å². The number of rotatable bonds is 7. The molecule has 6 rings (SSSR count). The Kier molecular flexibility index (Phi) is 6.26. The lowest BCUT2D eigenvalue weighted by atomic mass is 9.97. The Morgan fingerprint density at radius 2 is 1.97 bits per heavy atom. The molecule has 1 unspecified atom stereocenters. The Morgan fingerprint density at radius 1 is 1.17 bits per heavy atom. The van der Waals surface area contributed by atoms with Crippen molar-refractivity contribution in [3.8, 4) is 0 Å². The summed E-state index contributed by atoms with van der Waals surface area (Å²) in [5, 5.41) is 18.0. The van der Waals surface area contributed by atoms with Gasteiger partial charge >= 0.3 is 0 Å². The van der Waals surface area contributed by atoms with Crippen molar-refractivity contribution in [1.82, 2.24) is 24.8 Å². The minimum Gasteiger partial charge on any atom is -0.391 e. The van der Waals surface area contributed by atoms with Gasteiger partial charge in [-0.3, -0.25) is 14.7 Å². The predicted molar refractivity (Wildman–Crippen MR) is 137 cm³/mol. The number of hydrogen-bond donors (Lipinski definition) is 3. The van der Waals surface area contributed by atoms with E-state index >= 15 is 0 Å². The number of pyridine rings is 2. The summed E-state index contributed by atoms with van der Waals surface area (Å²) in [5.41, 5.74) is 0.854. The van der Waals surface area contributed by atoms with Crippen LogP contribution < -0.4 is 10.6 Å². The van der Waals surface area contributed by atoms with Crippen molar-refractivity contribution in [2.24, 2.45) is 0 Å². The first-order valence-electron chi connectivity index (χ1n) is 12.5. The van der Waals surface area contributed by atoms with E-state index in [1.54, 1.807) is 12.4 Å². The van der Waals surface area contributed by atoms with Gasteiger partial charge in [-0.05, 0) is 63.7 Å². The van der Waals surface area contributed by atoms with Gasteiger partial charge in [-0.1, -0.05) is 11.3 Å². The number of fused-ring (bicyclic) bond motifs is 3. The SMILES string of the molecule is O=C(CN1CCCC1)N1[C@@H]2CC[C@H]1CC(Nc1nc(Nc3ncc(CO)s3)cc3ncccc13)C2. The van der Waals surface area contributed by atoms with E-state index in [1.165, 1.54) is 24.2 Å². The fourth-order valence-corrected chi connectivity index (χ4v) is 6.59. The molecule has 35 heavy (non-hydrogen) atoms. The van der Waals surface area contributed by atoms with Gasteiger partial charge in [-0.25, -0.2) is 9.97 Å². The highest BCUT2D eigenvalue weighted by Crippen LogP contribution is 2.38. The van der Waals surface area contributed by atoms with E-state index in [9.17, 15) is 9.90 Å². The molecule has 0 spiro atoms. The van der Waals surface area contributed by atoms with Gasteiger partial charge < -0.3 is 20.6 Å². The lowest BCUT2D eigenvalue weighted by molar-refractivity contribution is -0.136. The van der Waals surface area contributed by atoms with Crippen molar-refractivity contribution < 1.29 is 9.90 Å². The first-order chi connectivity index (χ1) is 17.2. The Bertz CT molecular complexity index is 1200. The van der Waals surface area contributed by atoms with Gasteiger partial charge in [0.25, 0.3) is 0 Å². The van der Waals surface area contributed by atoms with Crippen LogP contribution in [0.25, 0.3) is 10.9 Å². The quantitative estimate of drug-likeness (QED) is 0.460. The molecular weight excluding hydrogens is 462 g/mol. The monoisotopic (exact) mass is 493 g/mol. The maximum absolute atomic E-state index is 13.1. The third-order valence-electron chi connectivity index (χ3n) is 7.46. The van der Waals surface area contributed by atoms with Crippen LogP contribution in [0.15, 0.2) is 30.6 Å². The Hall–Kier alpha value is -2.82. The van der Waals surface area contributed by atoms with E-state index in [-0.39, 0.29) is 12.6 Å². The molecule has 2 bridgehead atoms. The number of aliphatic hydroxyl groups is 1. The van der Waals surface area contributed by atoms with Gasteiger partial charge in [0.15, 0.2) is 5.13 Å². The minimum atomic E-state index is -0.0274. The standard InChI is InChI=1S/C25H31N7O2S/c33-15-19-13-27-25(35-19)30-22-12-21-20(4-3-7-26-21)24(29-22)28-16-10-17-5-6-18(11-16)32(17)23(34)14-31-8-1-2-9-31/h3-4,7,12-13,16-18,33H,1-2,5-6,8-11,14-15H2,(H2,27,28,29,30)/t16?,17-,18+. The summed E-state index contributed by atoms with van der Waals surface area (Å²) < 4.78 is 0. The van der Waals surface area contributed by atoms with Crippen LogP contribution in [0, 0.1) is 0 Å². The van der Waals surface area contributed by atoms with Crippen molar-refractivity contribution in [3.05, 3.63) is 35.5 Å². The van der Waals surface area contributed by atoms with Crippen molar-refractivity contribution in [1.29, 1.82) is 0 Å². The molecular formula is C25H31N7O2S. The van der Waals surface area contributed by atoms with Crippen LogP contribution in [0.5, 0.6) is 0 Å². The van der Waals surface area contributed by atoms with E-state index in [0.717, 1.165) is 60.4 Å². The van der Waals surface area contributed by atoms with E-state index in [2.05, 4.69) is 30.4 Å². The number of likely N-dealkylation sites (tertiary alicyclic amines) is 1. The molecule has 3 atom stereocenters. The zero-order valence-electron chi connectivity index (χ0n) is 19.7. The van der Waals surface area contributed by atoms with Crippen LogP contribution in [0.3, 0.4) is 0 Å². The second-order valence-corrected chi connectivity index (χ2v) is 10.9. The normalized spacial score (nSPS) is 24.3. The maximum Gasteiger partial charge on any atom is 0.237 e. The summed E-state index contributed by atoms with van der Waals surface area (Å²) in [6, 6.07) is 6.76. The summed E-state index contributed by atoms with van der Waals surface area (Å²) in [6.07, 6.45) is 9.92. The molecule has 184 valence electrons. The number of amides is 1. The molecule has 3 aliphatic heterocycles. The molecule has 3 aromatic heterocycles. The average molecular weight is 494 g/mol. The van der Waals surface area contributed by atoms with Crippen LogP contribution in [-0.2, 0) is 11.4 Å². The summed E-state index contributed by atoms with van der Waals surface area (Å²) >= 11 is 1.40. The number of anilines is 3. The largest absolute Gasteiger partial charge is 0.391 e. The summed E-state index contributed by atoms with van der Waals surface area (Å²) in [4.78, 5) is 32.2. The zero-order chi connectivity index (χ0) is 23.8. The number of thiazole rings is 1. The Morgan fingerprint density at radius 3 is 2.71 bits per heavy atom. The molecule has 9 nitrogen and oxygen atoms in total. The minimum absolute atomic E-state index is 0.0274. The van der Waals surface area contributed by atoms with Gasteiger partial charge in [0.2, 0.25) is 5.91 Å². The van der Waals surface area contributed by atoms with Crippen molar-refractivity contribution >= 4 is 44.9 Å². The van der Waals surface area contributed by atoms with Crippen molar-refractivity contribution in [2.45, 2.75) is 63.3 Å². The van der Waals surface area contributed by atoms with Gasteiger partial charge in [0.1, 0.15) is 11.6 Å². The van der Waals surface area contributed by atoms with Gasteiger partial charge in [0.05, 0.1) is 23.5 Å². The molecule has 3 aliphatic rings. The maximum atomic E-state index is 13.1. The Labute approximate surface area is 208 Å². The topological polar surface area (TPSA) is 107 Å². The molecule has 0 saturated carbocycles. The molecule has 3 N–H and O–H groups in total. The smallest absolute Gasteiger partial charge is 0.237 e. The highest BCUT2D eigenvalue weighted by molar-refractivity contribution is 7.15.